The number of hydrogen-bond acceptors (Lipinski definition) is 1. The molecule has 0 radical (unpaired) electrons. The summed E-state index contributed by atoms with van der Waals surface area (Å²) in [5, 5.41) is 7.04. The Morgan fingerprint density at radius 2 is 0.894 bits per heavy atom. The van der Waals surface area contributed by atoms with Crippen molar-refractivity contribution < 1.29 is 4.39 Å². The molecule has 0 bridgehead atoms. The first-order valence-corrected chi connectivity index (χ1v) is 22.6. The summed E-state index contributed by atoms with van der Waals surface area (Å²) < 4.78 is 16.6. The van der Waals surface area contributed by atoms with Gasteiger partial charge < -0.3 is 9.47 Å². The third-order valence-electron chi connectivity index (χ3n) is 13.9. The lowest BCUT2D eigenvalue weighted by molar-refractivity contribution is 0.628. The van der Waals surface area contributed by atoms with Gasteiger partial charge in [-0.3, -0.25) is 0 Å². The maximum atomic E-state index is 14.2. The molecule has 0 spiro atoms. The lowest BCUT2D eigenvalue weighted by Gasteiger charge is -2.34. The van der Waals surface area contributed by atoms with Crippen LogP contribution in [-0.2, 0) is 5.41 Å². The zero-order chi connectivity index (χ0) is 43.8. The van der Waals surface area contributed by atoms with Crippen molar-refractivity contribution in [2.45, 2.75) is 5.41 Å². The van der Waals surface area contributed by atoms with Gasteiger partial charge in [-0.15, -0.1) is 0 Å². The summed E-state index contributed by atoms with van der Waals surface area (Å²) in [4.78, 5) is 2.20. The summed E-state index contributed by atoms with van der Waals surface area (Å²) in [7, 11) is 0. The monoisotopic (exact) mass is 844 g/mol. The Morgan fingerprint density at radius 1 is 0.348 bits per heavy atom. The molecule has 310 valence electrons. The molecule has 0 unspecified atom stereocenters. The first-order chi connectivity index (χ1) is 32.6. The zero-order valence-electron chi connectivity index (χ0n) is 35.9. The van der Waals surface area contributed by atoms with Gasteiger partial charge in [0.25, 0.3) is 0 Å². The molecule has 2 nitrogen and oxygen atoms in total. The van der Waals surface area contributed by atoms with Gasteiger partial charge in [-0.2, -0.15) is 0 Å². The van der Waals surface area contributed by atoms with E-state index in [2.05, 4.69) is 234 Å². The molecule has 0 N–H and O–H groups in total. The normalized spacial score (nSPS) is 12.7. The van der Waals surface area contributed by atoms with E-state index in [4.69, 9.17) is 0 Å². The number of para-hydroxylation sites is 1. The van der Waals surface area contributed by atoms with E-state index in [-0.39, 0.29) is 5.82 Å². The maximum absolute atomic E-state index is 14.2. The van der Waals surface area contributed by atoms with Crippen molar-refractivity contribution in [3.63, 3.8) is 0 Å². The van der Waals surface area contributed by atoms with Gasteiger partial charge in [-0.05, 0) is 151 Å². The van der Waals surface area contributed by atoms with E-state index in [1.54, 1.807) is 0 Å². The Balaban J connectivity index is 0.922. The lowest BCUT2D eigenvalue weighted by atomic mass is 9.67. The van der Waals surface area contributed by atoms with Crippen molar-refractivity contribution in [1.29, 1.82) is 0 Å². The van der Waals surface area contributed by atoms with Crippen LogP contribution in [-0.4, -0.2) is 4.57 Å². The predicted octanol–water partition coefficient (Wildman–Crippen LogP) is 16.7. The van der Waals surface area contributed by atoms with Crippen LogP contribution < -0.4 is 4.90 Å². The van der Waals surface area contributed by atoms with Gasteiger partial charge in [0.2, 0.25) is 0 Å². The topological polar surface area (TPSA) is 8.17 Å². The number of hydrogen-bond donors (Lipinski definition) is 0. The minimum absolute atomic E-state index is 0.255. The fourth-order valence-corrected chi connectivity index (χ4v) is 10.9. The Hall–Kier alpha value is -8.53. The number of benzene rings is 11. The smallest absolute Gasteiger partial charge is 0.123 e. The summed E-state index contributed by atoms with van der Waals surface area (Å²) in [5.74, 6) is -0.255. The molecule has 66 heavy (non-hydrogen) atoms. The van der Waals surface area contributed by atoms with Crippen LogP contribution in [0.1, 0.15) is 22.3 Å². The minimum atomic E-state index is -0.483. The largest absolute Gasteiger partial charge is 0.310 e. The van der Waals surface area contributed by atoms with Gasteiger partial charge >= 0.3 is 0 Å². The Labute approximate surface area is 382 Å². The second-order valence-electron chi connectivity index (χ2n) is 17.4. The molecule has 0 saturated heterocycles. The molecule has 0 saturated carbocycles. The highest BCUT2D eigenvalue weighted by atomic mass is 19.1. The average Bonchev–Trinajstić information content (AvgIpc) is 3.87. The van der Waals surface area contributed by atoms with E-state index in [9.17, 15) is 4.39 Å². The standard InChI is InChI=1S/C63H41FN2/c64-50-28-32-51(33-29-50)65(52-30-25-42-13-7-8-14-43(42)38-52)53-31-26-45-37-44(23-24-46(45)39-53)47-27-36-62-58(40-47)57-20-10-12-22-61(57)66(62)54-34-35-56-55-19-9-11-21-59(55)63(60(56)41-54,48-15-3-1-4-16-48)49-17-5-2-6-18-49/h1-41H. The fourth-order valence-electron chi connectivity index (χ4n) is 10.9. The highest BCUT2D eigenvalue weighted by Gasteiger charge is 2.46. The molecule has 0 atom stereocenters. The molecule has 0 aliphatic heterocycles. The molecule has 1 aliphatic carbocycles. The molecule has 1 aliphatic rings. The van der Waals surface area contributed by atoms with Gasteiger partial charge in [0.05, 0.1) is 16.4 Å². The van der Waals surface area contributed by atoms with Crippen molar-refractivity contribution in [1.82, 2.24) is 4.57 Å². The molecular weight excluding hydrogens is 804 g/mol. The van der Waals surface area contributed by atoms with Crippen LogP contribution in [0.2, 0.25) is 0 Å². The van der Waals surface area contributed by atoms with Crippen molar-refractivity contribution in [3.05, 3.63) is 277 Å². The summed E-state index contributed by atoms with van der Waals surface area (Å²) in [5.41, 5.74) is 15.9. The molecule has 1 aromatic heterocycles. The predicted molar refractivity (Wildman–Crippen MR) is 273 cm³/mol. The quantitative estimate of drug-likeness (QED) is 0.155. The first kappa shape index (κ1) is 38.0. The Morgan fingerprint density at radius 3 is 1.67 bits per heavy atom. The van der Waals surface area contributed by atoms with Crippen molar-refractivity contribution in [2.24, 2.45) is 0 Å². The summed E-state index contributed by atoms with van der Waals surface area (Å²) >= 11 is 0. The van der Waals surface area contributed by atoms with Gasteiger partial charge in [-0.1, -0.05) is 164 Å². The van der Waals surface area contributed by atoms with Crippen molar-refractivity contribution in [2.75, 3.05) is 4.90 Å². The highest BCUT2D eigenvalue weighted by Crippen LogP contribution is 2.56. The van der Waals surface area contributed by atoms with E-state index < -0.39 is 5.41 Å². The molecular formula is C63H41FN2. The second-order valence-corrected chi connectivity index (χ2v) is 17.4. The zero-order valence-corrected chi connectivity index (χ0v) is 35.9. The number of anilines is 3. The number of halogens is 1. The van der Waals surface area contributed by atoms with Crippen LogP contribution in [0.4, 0.5) is 21.5 Å². The number of fused-ring (bicyclic) bond motifs is 8. The summed E-state index contributed by atoms with van der Waals surface area (Å²) in [6.07, 6.45) is 0. The second kappa shape index (κ2) is 15.0. The average molecular weight is 845 g/mol. The molecule has 1 heterocycles. The van der Waals surface area contributed by atoms with Crippen molar-refractivity contribution >= 4 is 60.4 Å². The number of rotatable bonds is 7. The Bertz CT molecular complexity index is 3790. The third-order valence-corrected chi connectivity index (χ3v) is 13.9. The third kappa shape index (κ3) is 5.87. The van der Waals surface area contributed by atoms with Crippen molar-refractivity contribution in [3.8, 4) is 27.9 Å². The van der Waals surface area contributed by atoms with E-state index in [1.807, 2.05) is 12.1 Å². The van der Waals surface area contributed by atoms with Gasteiger partial charge in [0.1, 0.15) is 5.82 Å². The van der Waals surface area contributed by atoms with Crippen LogP contribution >= 0.6 is 0 Å². The first-order valence-electron chi connectivity index (χ1n) is 22.6. The van der Waals surface area contributed by atoms with Gasteiger partial charge in [-0.25, -0.2) is 4.39 Å². The summed E-state index contributed by atoms with van der Waals surface area (Å²) in [6, 6.07) is 88.7. The molecule has 12 aromatic rings. The minimum Gasteiger partial charge on any atom is -0.310 e. The van der Waals surface area contributed by atoms with E-state index in [0.717, 1.165) is 50.0 Å². The maximum Gasteiger partial charge on any atom is 0.123 e. The summed E-state index contributed by atoms with van der Waals surface area (Å²) in [6.45, 7) is 0. The van der Waals surface area contributed by atoms with E-state index in [0.29, 0.717) is 0 Å². The van der Waals surface area contributed by atoms with Gasteiger partial charge in [0.15, 0.2) is 0 Å². The van der Waals surface area contributed by atoms with E-state index >= 15 is 0 Å². The SMILES string of the molecule is Fc1ccc(N(c2ccc3ccccc3c2)c2ccc3cc(-c4ccc5c(c4)c4ccccc4n5-c4ccc5c(c4)C(c4ccccc4)(c4ccccc4)c4ccccc4-5)ccc3c2)cc1. The van der Waals surface area contributed by atoms with Gasteiger partial charge in [0, 0.05) is 33.5 Å². The highest BCUT2D eigenvalue weighted by molar-refractivity contribution is 6.11. The van der Waals surface area contributed by atoms with Crippen LogP contribution in [0.5, 0.6) is 0 Å². The van der Waals surface area contributed by atoms with Crippen LogP contribution in [0.25, 0.3) is 71.3 Å². The molecule has 3 heteroatoms. The van der Waals surface area contributed by atoms with Crippen LogP contribution in [0, 0.1) is 5.82 Å². The number of aromatic nitrogens is 1. The molecule has 11 aromatic carbocycles. The fraction of sp³-hybridized carbons (Fsp3) is 0.0159. The van der Waals surface area contributed by atoms with E-state index in [1.165, 1.54) is 72.7 Å². The molecule has 0 fully saturated rings. The Kier molecular flexibility index (Phi) is 8.66. The van der Waals surface area contributed by atoms with Crippen LogP contribution in [0.3, 0.4) is 0 Å². The van der Waals surface area contributed by atoms with Crippen LogP contribution in [0.15, 0.2) is 249 Å². The number of nitrogens with zero attached hydrogens (tertiary/aromatic N) is 2. The molecule has 0 amide bonds. The lowest BCUT2D eigenvalue weighted by Crippen LogP contribution is -2.28. The molecule has 13 rings (SSSR count).